The highest BCUT2D eigenvalue weighted by atomic mass is 16.6. The first kappa shape index (κ1) is 26.8. The zero-order valence-corrected chi connectivity index (χ0v) is 22.1. The molecule has 8 nitrogen and oxygen atoms in total. The van der Waals surface area contributed by atoms with Gasteiger partial charge >= 0.3 is 5.97 Å². The molecule has 0 saturated heterocycles. The molecule has 37 heavy (non-hydrogen) atoms. The van der Waals surface area contributed by atoms with Crippen LogP contribution in [-0.2, 0) is 29.0 Å². The molecule has 0 spiro atoms. The quantitative estimate of drug-likeness (QED) is 0.252. The van der Waals surface area contributed by atoms with Gasteiger partial charge in [0.15, 0.2) is 0 Å². The molecule has 1 fully saturated rings. The molecule has 0 bridgehead atoms. The maximum atomic E-state index is 13.3. The number of hydrogen-bond donors (Lipinski definition) is 3. The molecule has 2 heterocycles. The van der Waals surface area contributed by atoms with Gasteiger partial charge in [0.25, 0.3) is 5.95 Å². The van der Waals surface area contributed by atoms with Gasteiger partial charge < -0.3 is 20.7 Å². The minimum Gasteiger partial charge on any atom is -0.512 e. The number of nitrogens with zero attached hydrogens (tertiary/aromatic N) is 3. The van der Waals surface area contributed by atoms with Gasteiger partial charge in [-0.3, -0.25) is 0 Å². The van der Waals surface area contributed by atoms with Crippen molar-refractivity contribution >= 4 is 17.8 Å². The van der Waals surface area contributed by atoms with Crippen molar-refractivity contribution in [2.24, 2.45) is 16.6 Å². The fourth-order valence-corrected chi connectivity index (χ4v) is 5.77. The Labute approximate surface area is 218 Å². The molecule has 0 radical (unpaired) electrons. The summed E-state index contributed by atoms with van der Waals surface area (Å²) in [5, 5.41) is 20.7. The van der Waals surface area contributed by atoms with Gasteiger partial charge in [0.2, 0.25) is 0 Å². The van der Waals surface area contributed by atoms with Crippen LogP contribution < -0.4 is 5.73 Å². The normalized spacial score (nSPS) is 21.0. The summed E-state index contributed by atoms with van der Waals surface area (Å²) in [5.74, 6) is 0.0934. The molecular formula is C29H38N4O4. The number of hydrogen-bond acceptors (Lipinski definition) is 7. The van der Waals surface area contributed by atoms with Crippen LogP contribution in [0.5, 0.6) is 0 Å². The van der Waals surface area contributed by atoms with Crippen LogP contribution in [-0.4, -0.2) is 37.6 Å². The predicted octanol–water partition coefficient (Wildman–Crippen LogP) is 4.85. The van der Waals surface area contributed by atoms with Crippen LogP contribution in [0.15, 0.2) is 40.6 Å². The molecule has 1 saturated carbocycles. The summed E-state index contributed by atoms with van der Waals surface area (Å²) < 4.78 is 6.21. The lowest BCUT2D eigenvalue weighted by molar-refractivity contribution is -0.167. The maximum absolute atomic E-state index is 13.3. The Bertz CT molecular complexity index is 1200. The number of aliphatic imine (C=N–C) groups is 1. The maximum Gasteiger partial charge on any atom is 0.338 e. The van der Waals surface area contributed by atoms with Gasteiger partial charge in [0, 0.05) is 24.2 Å². The van der Waals surface area contributed by atoms with Crippen LogP contribution in [0.4, 0.5) is 5.95 Å². The van der Waals surface area contributed by atoms with Crippen LogP contribution in [0.2, 0.25) is 0 Å². The van der Waals surface area contributed by atoms with Gasteiger partial charge in [-0.15, -0.1) is 0 Å². The van der Waals surface area contributed by atoms with E-state index in [0.717, 1.165) is 66.6 Å². The summed E-state index contributed by atoms with van der Waals surface area (Å²) in [5.41, 5.74) is 10.3. The fraction of sp³-hybridized carbons (Fsp3) is 0.517. The first-order valence-electron chi connectivity index (χ1n) is 13.2. The lowest BCUT2D eigenvalue weighted by Gasteiger charge is -2.42. The van der Waals surface area contributed by atoms with Gasteiger partial charge in [0.1, 0.15) is 17.2 Å². The number of nitrogens with two attached hydrogens (primary N) is 1. The first-order valence-corrected chi connectivity index (χ1v) is 13.2. The van der Waals surface area contributed by atoms with Crippen molar-refractivity contribution in [2.45, 2.75) is 90.8 Å². The minimum absolute atomic E-state index is 0.0236. The second-order valence-corrected chi connectivity index (χ2v) is 10.4. The van der Waals surface area contributed by atoms with E-state index in [-0.39, 0.29) is 48.5 Å². The summed E-state index contributed by atoms with van der Waals surface area (Å²) in [6, 6.07) is 7.98. The van der Waals surface area contributed by atoms with Crippen molar-refractivity contribution < 1.29 is 19.7 Å². The molecular weight excluding hydrogens is 468 g/mol. The van der Waals surface area contributed by atoms with Gasteiger partial charge in [-0.1, -0.05) is 38.0 Å². The molecule has 1 aliphatic carbocycles. The standard InChI is InChI=1S/C29H38N4O4/c1-4-21-14-20(9-10-22(21)17-34)11-12-29(23-7-5-6-8-23)16-25(35)24(27(36)37-29)15-26(30)33-28-31-18(2)13-19(3)32-28/h9-10,13-14,23,34-35H,4-8,11-12,15-17H2,1-3H3,(H2,30,31,32,33). The van der Waals surface area contributed by atoms with E-state index in [4.69, 9.17) is 10.5 Å². The van der Waals surface area contributed by atoms with E-state index in [0.29, 0.717) is 6.42 Å². The van der Waals surface area contributed by atoms with Crippen molar-refractivity contribution in [3.8, 4) is 0 Å². The predicted molar refractivity (Wildman–Crippen MR) is 143 cm³/mol. The van der Waals surface area contributed by atoms with Gasteiger partial charge in [0.05, 0.1) is 12.2 Å². The summed E-state index contributed by atoms with van der Waals surface area (Å²) in [7, 11) is 0. The molecule has 198 valence electrons. The fourth-order valence-electron chi connectivity index (χ4n) is 5.77. The summed E-state index contributed by atoms with van der Waals surface area (Å²) in [6.45, 7) is 5.80. The highest BCUT2D eigenvalue weighted by Crippen LogP contribution is 2.46. The molecule has 1 aliphatic heterocycles. The molecule has 4 N–H and O–H groups in total. The molecule has 1 aromatic heterocycles. The van der Waals surface area contributed by atoms with Crippen molar-refractivity contribution in [3.63, 3.8) is 0 Å². The molecule has 1 aromatic carbocycles. The number of carbonyl (C=O) groups excluding carboxylic acids is 1. The van der Waals surface area contributed by atoms with E-state index in [9.17, 15) is 15.0 Å². The average Bonchev–Trinajstić information content (AvgIpc) is 3.40. The number of aliphatic hydroxyl groups excluding tert-OH is 2. The number of cyclic esters (lactones) is 1. The van der Waals surface area contributed by atoms with E-state index in [1.54, 1.807) is 0 Å². The summed E-state index contributed by atoms with van der Waals surface area (Å²) >= 11 is 0. The largest absolute Gasteiger partial charge is 0.512 e. The minimum atomic E-state index is -0.744. The van der Waals surface area contributed by atoms with E-state index in [2.05, 4.69) is 28.0 Å². The molecule has 2 aromatic rings. The monoisotopic (exact) mass is 506 g/mol. The lowest BCUT2D eigenvalue weighted by atomic mass is 9.76. The van der Waals surface area contributed by atoms with E-state index in [1.807, 2.05) is 32.0 Å². The zero-order valence-electron chi connectivity index (χ0n) is 22.1. The van der Waals surface area contributed by atoms with Crippen LogP contribution in [0.25, 0.3) is 0 Å². The number of benzene rings is 1. The number of rotatable bonds is 9. The Morgan fingerprint density at radius 1 is 1.16 bits per heavy atom. The van der Waals surface area contributed by atoms with Crippen LogP contribution >= 0.6 is 0 Å². The smallest absolute Gasteiger partial charge is 0.338 e. The zero-order chi connectivity index (χ0) is 26.6. The summed E-state index contributed by atoms with van der Waals surface area (Å²) in [4.78, 5) is 26.1. The lowest BCUT2D eigenvalue weighted by Crippen LogP contribution is -2.46. The number of amidine groups is 1. The molecule has 1 unspecified atom stereocenters. The van der Waals surface area contributed by atoms with Crippen LogP contribution in [0, 0.1) is 19.8 Å². The Morgan fingerprint density at radius 2 is 1.86 bits per heavy atom. The number of aliphatic hydroxyl groups is 2. The number of aryl methyl sites for hydroxylation is 4. The molecule has 2 aliphatic rings. The second-order valence-electron chi connectivity index (χ2n) is 10.4. The number of ether oxygens (including phenoxy) is 1. The molecule has 0 amide bonds. The van der Waals surface area contributed by atoms with Crippen molar-refractivity contribution in [1.29, 1.82) is 0 Å². The number of esters is 1. The number of aromatic nitrogens is 2. The Balaban J connectivity index is 1.55. The third-order valence-electron chi connectivity index (χ3n) is 7.69. The Kier molecular flexibility index (Phi) is 8.27. The Morgan fingerprint density at radius 3 is 2.49 bits per heavy atom. The third-order valence-corrected chi connectivity index (χ3v) is 7.69. The SMILES string of the molecule is CCc1cc(CCC2(C3CCCC3)CC(O)=C(C/C(N)=N/c3nc(C)cc(C)n3)C(=O)O2)ccc1CO. The third kappa shape index (κ3) is 6.18. The molecule has 8 heteroatoms. The topological polar surface area (TPSA) is 131 Å². The van der Waals surface area contributed by atoms with Crippen LogP contribution in [0.3, 0.4) is 0 Å². The highest BCUT2D eigenvalue weighted by molar-refractivity contribution is 5.98. The average molecular weight is 507 g/mol. The van der Waals surface area contributed by atoms with E-state index < -0.39 is 11.6 Å². The Hall–Kier alpha value is -3.26. The van der Waals surface area contributed by atoms with E-state index >= 15 is 0 Å². The van der Waals surface area contributed by atoms with Gasteiger partial charge in [-0.2, -0.15) is 4.99 Å². The van der Waals surface area contributed by atoms with E-state index in [1.165, 1.54) is 0 Å². The van der Waals surface area contributed by atoms with Gasteiger partial charge in [-0.25, -0.2) is 14.8 Å². The molecule has 1 atom stereocenters. The summed E-state index contributed by atoms with van der Waals surface area (Å²) in [6.07, 6.45) is 6.60. The first-order chi connectivity index (χ1) is 17.7. The second kappa shape index (κ2) is 11.4. The highest BCUT2D eigenvalue weighted by Gasteiger charge is 2.48. The van der Waals surface area contributed by atoms with Crippen LogP contribution in [0.1, 0.15) is 79.9 Å². The number of carbonyl (C=O) groups is 1. The van der Waals surface area contributed by atoms with Crippen molar-refractivity contribution in [3.05, 3.63) is 63.7 Å². The van der Waals surface area contributed by atoms with Gasteiger partial charge in [-0.05, 0) is 74.6 Å². The molecule has 4 rings (SSSR count). The van der Waals surface area contributed by atoms with Crippen molar-refractivity contribution in [1.82, 2.24) is 9.97 Å². The van der Waals surface area contributed by atoms with Crippen molar-refractivity contribution in [2.75, 3.05) is 0 Å².